The van der Waals surface area contributed by atoms with Crippen molar-refractivity contribution in [2.75, 3.05) is 18.0 Å². The highest BCUT2D eigenvalue weighted by Crippen LogP contribution is 2.21. The first-order chi connectivity index (χ1) is 7.99. The van der Waals surface area contributed by atoms with Crippen LogP contribution in [0.3, 0.4) is 0 Å². The predicted molar refractivity (Wildman–Crippen MR) is 51.7 cm³/mol. The van der Waals surface area contributed by atoms with Gasteiger partial charge < -0.3 is 10.2 Å². The number of nitrogens with one attached hydrogen (secondary N) is 1. The van der Waals surface area contributed by atoms with E-state index in [0.717, 1.165) is 4.90 Å². The third-order valence-electron chi connectivity index (χ3n) is 2.32. The Morgan fingerprint density at radius 1 is 1.12 bits per heavy atom. The SMILES string of the molecule is O=C1CN(c2cc(F)c(F)c(F)c2)C(=O)CN1. The first-order valence-corrected chi connectivity index (χ1v) is 4.70. The second-order valence-corrected chi connectivity index (χ2v) is 3.48. The molecule has 90 valence electrons. The molecular formula is C10H7F3N2O2. The van der Waals surface area contributed by atoms with Crippen molar-refractivity contribution in [1.29, 1.82) is 0 Å². The molecule has 0 atom stereocenters. The number of rotatable bonds is 1. The minimum absolute atomic E-state index is 0.179. The molecule has 1 aliphatic heterocycles. The Morgan fingerprint density at radius 3 is 2.29 bits per heavy atom. The molecule has 0 unspecified atom stereocenters. The Morgan fingerprint density at radius 2 is 1.71 bits per heavy atom. The van der Waals surface area contributed by atoms with E-state index < -0.39 is 29.3 Å². The summed E-state index contributed by atoms with van der Waals surface area (Å²) in [7, 11) is 0. The van der Waals surface area contributed by atoms with E-state index in [0.29, 0.717) is 12.1 Å². The zero-order chi connectivity index (χ0) is 12.6. The van der Waals surface area contributed by atoms with Gasteiger partial charge in [0.15, 0.2) is 17.5 Å². The summed E-state index contributed by atoms with van der Waals surface area (Å²) >= 11 is 0. The van der Waals surface area contributed by atoms with Gasteiger partial charge >= 0.3 is 0 Å². The summed E-state index contributed by atoms with van der Waals surface area (Å²) in [5, 5.41) is 2.28. The Kier molecular flexibility index (Phi) is 2.74. The Labute approximate surface area is 94.0 Å². The fourth-order valence-corrected chi connectivity index (χ4v) is 1.49. The van der Waals surface area contributed by atoms with Crippen LogP contribution in [0.25, 0.3) is 0 Å². The molecule has 0 aliphatic carbocycles. The number of amides is 2. The van der Waals surface area contributed by atoms with Crippen molar-refractivity contribution in [2.24, 2.45) is 0 Å². The maximum Gasteiger partial charge on any atom is 0.246 e. The summed E-state index contributed by atoms with van der Waals surface area (Å²) < 4.78 is 38.7. The highest BCUT2D eigenvalue weighted by molar-refractivity contribution is 6.04. The zero-order valence-electron chi connectivity index (χ0n) is 8.47. The van der Waals surface area contributed by atoms with Crippen LogP contribution in [0.15, 0.2) is 12.1 Å². The Balaban J connectivity index is 2.39. The van der Waals surface area contributed by atoms with Crippen molar-refractivity contribution in [3.05, 3.63) is 29.6 Å². The molecule has 1 aromatic carbocycles. The maximum atomic E-state index is 13.0. The van der Waals surface area contributed by atoms with Crippen molar-refractivity contribution in [2.45, 2.75) is 0 Å². The number of hydrogen-bond donors (Lipinski definition) is 1. The van der Waals surface area contributed by atoms with E-state index >= 15 is 0 Å². The summed E-state index contributed by atoms with van der Waals surface area (Å²) in [5.41, 5.74) is -0.179. The first kappa shape index (κ1) is 11.4. The Hall–Kier alpha value is -2.05. The number of carbonyl (C=O) groups is 2. The topological polar surface area (TPSA) is 49.4 Å². The number of carbonyl (C=O) groups excluding carboxylic acids is 2. The molecule has 4 nitrogen and oxygen atoms in total. The van der Waals surface area contributed by atoms with Crippen LogP contribution in [0.2, 0.25) is 0 Å². The third kappa shape index (κ3) is 2.08. The van der Waals surface area contributed by atoms with Crippen LogP contribution in [-0.2, 0) is 9.59 Å². The molecule has 1 aromatic rings. The van der Waals surface area contributed by atoms with Crippen molar-refractivity contribution in [1.82, 2.24) is 5.32 Å². The molecule has 1 saturated heterocycles. The van der Waals surface area contributed by atoms with Crippen molar-refractivity contribution < 1.29 is 22.8 Å². The molecule has 0 bridgehead atoms. The Bertz CT molecular complexity index is 481. The van der Waals surface area contributed by atoms with Crippen molar-refractivity contribution >= 4 is 17.5 Å². The molecule has 0 saturated carbocycles. The second kappa shape index (κ2) is 4.08. The highest BCUT2D eigenvalue weighted by atomic mass is 19.2. The number of benzene rings is 1. The average Bonchev–Trinajstić information content (AvgIpc) is 2.28. The lowest BCUT2D eigenvalue weighted by Crippen LogP contribution is -2.51. The molecule has 1 heterocycles. The monoisotopic (exact) mass is 244 g/mol. The number of piperazine rings is 1. The highest BCUT2D eigenvalue weighted by Gasteiger charge is 2.26. The minimum Gasteiger partial charge on any atom is -0.345 e. The van der Waals surface area contributed by atoms with Gasteiger partial charge in [0.1, 0.15) is 6.54 Å². The number of halogens is 3. The van der Waals surface area contributed by atoms with Gasteiger partial charge in [0.05, 0.1) is 12.2 Å². The van der Waals surface area contributed by atoms with Crippen LogP contribution in [0.5, 0.6) is 0 Å². The maximum absolute atomic E-state index is 13.0. The standard InChI is InChI=1S/C10H7F3N2O2/c11-6-1-5(2-7(12)10(6)13)15-4-8(16)14-3-9(15)17/h1-2H,3-4H2,(H,14,16). The predicted octanol–water partition coefficient (Wildman–Crippen LogP) is 0.567. The van der Waals surface area contributed by atoms with Crippen molar-refractivity contribution in [3.63, 3.8) is 0 Å². The van der Waals surface area contributed by atoms with E-state index in [2.05, 4.69) is 5.32 Å². The number of nitrogens with zero attached hydrogens (tertiary/aromatic N) is 1. The van der Waals surface area contributed by atoms with Crippen LogP contribution in [0.4, 0.5) is 18.9 Å². The molecule has 2 amide bonds. The third-order valence-corrected chi connectivity index (χ3v) is 2.32. The van der Waals surface area contributed by atoms with Gasteiger partial charge in [-0.15, -0.1) is 0 Å². The second-order valence-electron chi connectivity index (χ2n) is 3.48. The summed E-state index contributed by atoms with van der Waals surface area (Å²) in [6.45, 7) is -0.594. The molecular weight excluding hydrogens is 237 g/mol. The lowest BCUT2D eigenvalue weighted by Gasteiger charge is -2.26. The molecule has 0 spiro atoms. The van der Waals surface area contributed by atoms with Crippen molar-refractivity contribution in [3.8, 4) is 0 Å². The molecule has 1 aliphatic rings. The summed E-state index contributed by atoms with van der Waals surface area (Å²) in [6.07, 6.45) is 0. The summed E-state index contributed by atoms with van der Waals surface area (Å²) in [6, 6.07) is 1.35. The first-order valence-electron chi connectivity index (χ1n) is 4.70. The van der Waals surface area contributed by atoms with Gasteiger partial charge in [-0.2, -0.15) is 0 Å². The van der Waals surface area contributed by atoms with Gasteiger partial charge in [-0.3, -0.25) is 9.59 Å². The molecule has 2 rings (SSSR count). The summed E-state index contributed by atoms with van der Waals surface area (Å²) in [4.78, 5) is 23.4. The summed E-state index contributed by atoms with van der Waals surface area (Å²) in [5.74, 6) is -5.38. The molecule has 17 heavy (non-hydrogen) atoms. The normalized spacial score (nSPS) is 16.1. The lowest BCUT2D eigenvalue weighted by molar-refractivity contribution is -0.128. The van der Waals surface area contributed by atoms with E-state index in [-0.39, 0.29) is 18.8 Å². The van der Waals surface area contributed by atoms with E-state index in [4.69, 9.17) is 0 Å². The van der Waals surface area contributed by atoms with Gasteiger partial charge in [-0.05, 0) is 0 Å². The molecule has 0 radical (unpaired) electrons. The van der Waals surface area contributed by atoms with Gasteiger partial charge in [-0.25, -0.2) is 13.2 Å². The minimum atomic E-state index is -1.61. The number of hydrogen-bond acceptors (Lipinski definition) is 2. The average molecular weight is 244 g/mol. The van der Waals surface area contributed by atoms with Gasteiger partial charge in [0.2, 0.25) is 11.8 Å². The van der Waals surface area contributed by atoms with E-state index in [1.54, 1.807) is 0 Å². The van der Waals surface area contributed by atoms with E-state index in [9.17, 15) is 22.8 Å². The van der Waals surface area contributed by atoms with Crippen LogP contribution in [0, 0.1) is 17.5 Å². The van der Waals surface area contributed by atoms with Crippen LogP contribution < -0.4 is 10.2 Å². The van der Waals surface area contributed by atoms with E-state index in [1.807, 2.05) is 0 Å². The van der Waals surface area contributed by atoms with Gasteiger partial charge in [-0.1, -0.05) is 0 Å². The quantitative estimate of drug-likeness (QED) is 0.734. The van der Waals surface area contributed by atoms with Gasteiger partial charge in [0.25, 0.3) is 0 Å². The molecule has 0 aromatic heterocycles. The fraction of sp³-hybridized carbons (Fsp3) is 0.200. The smallest absolute Gasteiger partial charge is 0.246 e. The van der Waals surface area contributed by atoms with E-state index in [1.165, 1.54) is 0 Å². The lowest BCUT2D eigenvalue weighted by atomic mass is 10.2. The molecule has 1 N–H and O–H groups in total. The number of anilines is 1. The molecule has 7 heteroatoms. The van der Waals surface area contributed by atoms with Crippen LogP contribution in [0.1, 0.15) is 0 Å². The van der Waals surface area contributed by atoms with Crippen LogP contribution >= 0.6 is 0 Å². The molecule has 1 fully saturated rings. The van der Waals surface area contributed by atoms with Crippen LogP contribution in [-0.4, -0.2) is 24.9 Å². The largest absolute Gasteiger partial charge is 0.345 e. The zero-order valence-corrected chi connectivity index (χ0v) is 8.47. The fourth-order valence-electron chi connectivity index (χ4n) is 1.49. The van der Waals surface area contributed by atoms with Gasteiger partial charge in [0, 0.05) is 12.1 Å².